The number of carbonyl (C=O) groups is 4. The average molecular weight is 401 g/mol. The third-order valence-electron chi connectivity index (χ3n) is 3.41. The van der Waals surface area contributed by atoms with Crippen LogP contribution in [-0.2, 0) is 14.3 Å². The van der Waals surface area contributed by atoms with Crippen molar-refractivity contribution < 1.29 is 33.4 Å². The fourth-order valence-electron chi connectivity index (χ4n) is 2.12. The summed E-state index contributed by atoms with van der Waals surface area (Å²) in [6, 6.07) is 11.6. The van der Waals surface area contributed by atoms with Crippen LogP contribution in [0.25, 0.3) is 0 Å². The van der Waals surface area contributed by atoms with Crippen molar-refractivity contribution in [2.75, 3.05) is 25.6 Å². The molecule has 0 bridgehead atoms. The van der Waals surface area contributed by atoms with Crippen LogP contribution in [0.4, 0.5) is 10.5 Å². The number of anilines is 1. The van der Waals surface area contributed by atoms with Gasteiger partial charge in [-0.2, -0.15) is 0 Å². The highest BCUT2D eigenvalue weighted by molar-refractivity contribution is 5.96. The van der Waals surface area contributed by atoms with Gasteiger partial charge in [0, 0.05) is 11.8 Å². The molecule has 2 aromatic rings. The minimum Gasteiger partial charge on any atom is -0.497 e. The summed E-state index contributed by atoms with van der Waals surface area (Å²) in [6.07, 6.45) is 0. The zero-order valence-electron chi connectivity index (χ0n) is 15.5. The number of imide groups is 1. The summed E-state index contributed by atoms with van der Waals surface area (Å²) in [5.74, 6) is -1.02. The van der Waals surface area contributed by atoms with E-state index in [0.717, 1.165) is 0 Å². The Bertz CT molecular complexity index is 897. The van der Waals surface area contributed by atoms with Crippen LogP contribution in [0.2, 0.25) is 0 Å². The highest BCUT2D eigenvalue weighted by atomic mass is 16.5. The van der Waals surface area contributed by atoms with E-state index in [1.165, 1.54) is 31.4 Å². The topological polar surface area (TPSA) is 146 Å². The molecule has 0 saturated carbocycles. The molecule has 10 heteroatoms. The molecule has 2 aromatic carbocycles. The van der Waals surface area contributed by atoms with E-state index in [4.69, 9.17) is 19.9 Å². The van der Waals surface area contributed by atoms with Crippen molar-refractivity contribution >= 4 is 29.5 Å². The highest BCUT2D eigenvalue weighted by Crippen LogP contribution is 2.17. The van der Waals surface area contributed by atoms with Gasteiger partial charge in [-0.25, -0.2) is 9.59 Å². The van der Waals surface area contributed by atoms with Gasteiger partial charge in [-0.05, 0) is 36.4 Å². The monoisotopic (exact) mass is 401 g/mol. The van der Waals surface area contributed by atoms with Crippen molar-refractivity contribution in [2.45, 2.75) is 0 Å². The Kier molecular flexibility index (Phi) is 7.54. The molecule has 0 heterocycles. The van der Waals surface area contributed by atoms with E-state index in [1.54, 1.807) is 29.6 Å². The van der Waals surface area contributed by atoms with Crippen LogP contribution in [0.5, 0.6) is 11.5 Å². The van der Waals surface area contributed by atoms with E-state index < -0.39 is 24.5 Å². The maximum atomic E-state index is 12.0. The maximum Gasteiger partial charge on any atom is 0.338 e. The number of primary amides is 1. The van der Waals surface area contributed by atoms with E-state index >= 15 is 0 Å². The molecule has 4 amide bonds. The smallest absolute Gasteiger partial charge is 0.338 e. The number of nitrogens with one attached hydrogen (secondary N) is 2. The van der Waals surface area contributed by atoms with Gasteiger partial charge < -0.3 is 25.3 Å². The second-order valence-corrected chi connectivity index (χ2v) is 5.58. The number of urea groups is 1. The largest absolute Gasteiger partial charge is 0.497 e. The van der Waals surface area contributed by atoms with Crippen molar-refractivity contribution in [3.8, 4) is 11.5 Å². The van der Waals surface area contributed by atoms with E-state index in [2.05, 4.69) is 5.32 Å². The van der Waals surface area contributed by atoms with Crippen LogP contribution in [0.1, 0.15) is 10.4 Å². The highest BCUT2D eigenvalue weighted by Gasteiger charge is 2.12. The van der Waals surface area contributed by atoms with Gasteiger partial charge in [-0.3, -0.25) is 14.9 Å². The number of benzene rings is 2. The quantitative estimate of drug-likeness (QED) is 0.561. The van der Waals surface area contributed by atoms with E-state index in [9.17, 15) is 19.2 Å². The third-order valence-corrected chi connectivity index (χ3v) is 3.41. The molecule has 0 atom stereocenters. The molecule has 29 heavy (non-hydrogen) atoms. The van der Waals surface area contributed by atoms with Gasteiger partial charge >= 0.3 is 12.0 Å². The minimum absolute atomic E-state index is 0.157. The summed E-state index contributed by atoms with van der Waals surface area (Å²) in [4.78, 5) is 45.5. The van der Waals surface area contributed by atoms with Crippen LogP contribution in [0.3, 0.4) is 0 Å². The van der Waals surface area contributed by atoms with Gasteiger partial charge in [-0.1, -0.05) is 6.07 Å². The van der Waals surface area contributed by atoms with Crippen LogP contribution in [0.15, 0.2) is 48.5 Å². The lowest BCUT2D eigenvalue weighted by molar-refractivity contribution is -0.123. The number of esters is 1. The summed E-state index contributed by atoms with van der Waals surface area (Å²) >= 11 is 0. The number of ether oxygens (including phenoxy) is 3. The second kappa shape index (κ2) is 10.3. The molecule has 0 aliphatic carbocycles. The zero-order chi connectivity index (χ0) is 21.2. The van der Waals surface area contributed by atoms with Gasteiger partial charge in [0.15, 0.2) is 13.2 Å². The predicted molar refractivity (Wildman–Crippen MR) is 102 cm³/mol. The molecule has 0 radical (unpaired) electrons. The first-order valence-corrected chi connectivity index (χ1v) is 8.30. The van der Waals surface area contributed by atoms with Crippen LogP contribution >= 0.6 is 0 Å². The molecular formula is C19H19N3O7. The molecule has 0 saturated heterocycles. The molecule has 0 unspecified atom stereocenters. The lowest BCUT2D eigenvalue weighted by atomic mass is 10.2. The van der Waals surface area contributed by atoms with E-state index in [1.807, 2.05) is 0 Å². The third kappa shape index (κ3) is 7.21. The van der Waals surface area contributed by atoms with Gasteiger partial charge in [0.25, 0.3) is 11.8 Å². The fourth-order valence-corrected chi connectivity index (χ4v) is 2.12. The number of amides is 4. The number of nitrogens with two attached hydrogens (primary N) is 1. The second-order valence-electron chi connectivity index (χ2n) is 5.58. The number of carbonyl (C=O) groups excluding carboxylic acids is 4. The molecule has 4 N–H and O–H groups in total. The SMILES string of the molecule is COc1cccc(NC(=O)COc2ccc(C(=O)OCC(=O)NC(N)=O)cc2)c1. The van der Waals surface area contributed by atoms with Crippen LogP contribution < -0.4 is 25.8 Å². The fraction of sp³-hybridized carbons (Fsp3) is 0.158. The summed E-state index contributed by atoms with van der Waals surface area (Å²) in [5, 5.41) is 4.44. The van der Waals surface area contributed by atoms with Gasteiger partial charge in [-0.15, -0.1) is 0 Å². The summed E-state index contributed by atoms with van der Waals surface area (Å²) in [7, 11) is 1.53. The van der Waals surface area contributed by atoms with Gasteiger partial charge in [0.2, 0.25) is 0 Å². The number of rotatable bonds is 8. The number of hydrogen-bond acceptors (Lipinski definition) is 7. The molecule has 0 aliphatic rings. The van der Waals surface area contributed by atoms with Crippen molar-refractivity contribution in [2.24, 2.45) is 5.73 Å². The molecule has 2 rings (SSSR count). The first kappa shape index (κ1) is 21.2. The standard InChI is InChI=1S/C19H19N3O7/c1-27-15-4-2-3-13(9-15)21-16(23)10-28-14-7-5-12(6-8-14)18(25)29-11-17(24)22-19(20)26/h2-9H,10-11H2,1H3,(H,21,23)(H3,20,22,24,26). The maximum absolute atomic E-state index is 12.0. The summed E-state index contributed by atoms with van der Waals surface area (Å²) in [5.41, 5.74) is 5.50. The van der Waals surface area contributed by atoms with Crippen molar-refractivity contribution in [1.29, 1.82) is 0 Å². The molecule has 152 valence electrons. The first-order chi connectivity index (χ1) is 13.9. The molecule has 0 aromatic heterocycles. The molecule has 0 aliphatic heterocycles. The Morgan fingerprint density at radius 3 is 2.31 bits per heavy atom. The van der Waals surface area contributed by atoms with Crippen molar-refractivity contribution in [1.82, 2.24) is 5.32 Å². The summed E-state index contributed by atoms with van der Waals surface area (Å²) < 4.78 is 15.2. The minimum atomic E-state index is -1.04. The number of hydrogen-bond donors (Lipinski definition) is 3. The molecule has 0 spiro atoms. The Labute approximate surface area is 165 Å². The van der Waals surface area contributed by atoms with Crippen molar-refractivity contribution in [3.63, 3.8) is 0 Å². The zero-order valence-corrected chi connectivity index (χ0v) is 15.5. The van der Waals surface area contributed by atoms with Crippen LogP contribution in [-0.4, -0.2) is 44.1 Å². The Balaban J connectivity index is 1.80. The van der Waals surface area contributed by atoms with Gasteiger partial charge in [0.05, 0.1) is 12.7 Å². The lowest BCUT2D eigenvalue weighted by Gasteiger charge is -2.09. The first-order valence-electron chi connectivity index (χ1n) is 8.30. The molecule has 10 nitrogen and oxygen atoms in total. The normalized spacial score (nSPS) is 9.83. The molecular weight excluding hydrogens is 382 g/mol. The summed E-state index contributed by atoms with van der Waals surface area (Å²) in [6.45, 7) is -0.890. The Hall–Kier alpha value is -4.08. The Morgan fingerprint density at radius 2 is 1.66 bits per heavy atom. The molecule has 0 fully saturated rings. The number of methoxy groups -OCH3 is 1. The van der Waals surface area contributed by atoms with E-state index in [0.29, 0.717) is 17.2 Å². The van der Waals surface area contributed by atoms with Gasteiger partial charge in [0.1, 0.15) is 11.5 Å². The lowest BCUT2D eigenvalue weighted by Crippen LogP contribution is -2.37. The Morgan fingerprint density at radius 1 is 0.931 bits per heavy atom. The predicted octanol–water partition coefficient (Wildman–Crippen LogP) is 1.06. The van der Waals surface area contributed by atoms with E-state index in [-0.39, 0.29) is 18.1 Å². The van der Waals surface area contributed by atoms with Crippen molar-refractivity contribution in [3.05, 3.63) is 54.1 Å². The van der Waals surface area contributed by atoms with Crippen LogP contribution in [0, 0.1) is 0 Å². The average Bonchev–Trinajstić information content (AvgIpc) is 2.70.